The monoisotopic (exact) mass is 290 g/mol. The standard InChI is InChI=1S/C16H22N2O3/c1-18(2)10-11-3-7-14(8-4-11)17-15(19)12-5-6-13(9-12)16(20)21/h3-4,7-8,12-13H,5-6,9-10H2,1-2H3,(H,17,19)(H,20,21). The Morgan fingerprint density at radius 3 is 2.33 bits per heavy atom. The van der Waals surface area contributed by atoms with Crippen molar-refractivity contribution in [1.29, 1.82) is 0 Å². The molecule has 1 saturated carbocycles. The summed E-state index contributed by atoms with van der Waals surface area (Å²) < 4.78 is 0. The lowest BCUT2D eigenvalue weighted by atomic mass is 10.0. The van der Waals surface area contributed by atoms with Crippen LogP contribution in [0.1, 0.15) is 24.8 Å². The first-order chi connectivity index (χ1) is 9.95. The molecule has 0 aliphatic heterocycles. The molecule has 1 amide bonds. The van der Waals surface area contributed by atoms with E-state index < -0.39 is 5.97 Å². The maximum absolute atomic E-state index is 12.1. The molecule has 2 rings (SSSR count). The smallest absolute Gasteiger partial charge is 0.306 e. The molecule has 1 aromatic rings. The lowest BCUT2D eigenvalue weighted by molar-refractivity contribution is -0.141. The van der Waals surface area contributed by atoms with Gasteiger partial charge in [0.05, 0.1) is 5.92 Å². The predicted octanol–water partition coefficient (Wildman–Crippen LogP) is 2.19. The third kappa shape index (κ3) is 4.29. The van der Waals surface area contributed by atoms with E-state index in [1.807, 2.05) is 38.4 Å². The highest BCUT2D eigenvalue weighted by Gasteiger charge is 2.33. The molecule has 1 fully saturated rings. The van der Waals surface area contributed by atoms with Crippen molar-refractivity contribution in [3.05, 3.63) is 29.8 Å². The highest BCUT2D eigenvalue weighted by molar-refractivity contribution is 5.93. The normalized spacial score (nSPS) is 21.5. The topological polar surface area (TPSA) is 69.6 Å². The molecule has 1 aromatic carbocycles. The Kier molecular flexibility index (Phi) is 4.96. The van der Waals surface area contributed by atoms with Gasteiger partial charge in [-0.1, -0.05) is 12.1 Å². The van der Waals surface area contributed by atoms with Gasteiger partial charge in [0.2, 0.25) is 5.91 Å². The maximum atomic E-state index is 12.1. The number of carbonyl (C=O) groups is 2. The third-order valence-corrected chi connectivity index (χ3v) is 3.87. The first-order valence-corrected chi connectivity index (χ1v) is 7.23. The molecule has 0 bridgehead atoms. The van der Waals surface area contributed by atoms with Crippen LogP contribution in [-0.4, -0.2) is 36.0 Å². The summed E-state index contributed by atoms with van der Waals surface area (Å²) in [5.74, 6) is -1.42. The first-order valence-electron chi connectivity index (χ1n) is 7.23. The zero-order valence-corrected chi connectivity index (χ0v) is 12.5. The van der Waals surface area contributed by atoms with E-state index in [1.54, 1.807) is 0 Å². The van der Waals surface area contributed by atoms with Crippen molar-refractivity contribution in [2.75, 3.05) is 19.4 Å². The number of anilines is 1. The highest BCUT2D eigenvalue weighted by atomic mass is 16.4. The third-order valence-electron chi connectivity index (χ3n) is 3.87. The summed E-state index contributed by atoms with van der Waals surface area (Å²) in [5, 5.41) is 11.8. The van der Waals surface area contributed by atoms with Crippen molar-refractivity contribution in [1.82, 2.24) is 4.90 Å². The largest absolute Gasteiger partial charge is 0.481 e. The van der Waals surface area contributed by atoms with Crippen LogP contribution in [0.2, 0.25) is 0 Å². The molecule has 0 heterocycles. The van der Waals surface area contributed by atoms with Gasteiger partial charge in [-0.15, -0.1) is 0 Å². The molecule has 2 unspecified atom stereocenters. The molecule has 21 heavy (non-hydrogen) atoms. The number of carbonyl (C=O) groups excluding carboxylic acids is 1. The van der Waals surface area contributed by atoms with Gasteiger partial charge in [-0.3, -0.25) is 9.59 Å². The van der Waals surface area contributed by atoms with Gasteiger partial charge in [-0.05, 0) is 51.1 Å². The van der Waals surface area contributed by atoms with Crippen molar-refractivity contribution >= 4 is 17.6 Å². The number of hydrogen-bond acceptors (Lipinski definition) is 3. The van der Waals surface area contributed by atoms with E-state index in [2.05, 4.69) is 10.2 Å². The minimum Gasteiger partial charge on any atom is -0.481 e. The van der Waals surface area contributed by atoms with E-state index in [0.717, 1.165) is 12.2 Å². The van der Waals surface area contributed by atoms with Crippen LogP contribution in [0.15, 0.2) is 24.3 Å². The average Bonchev–Trinajstić information content (AvgIpc) is 2.90. The Bertz CT molecular complexity index is 511. The minimum atomic E-state index is -0.793. The van der Waals surface area contributed by atoms with E-state index in [4.69, 9.17) is 5.11 Å². The van der Waals surface area contributed by atoms with Crippen LogP contribution in [0.4, 0.5) is 5.69 Å². The van der Waals surface area contributed by atoms with Crippen LogP contribution in [-0.2, 0) is 16.1 Å². The fourth-order valence-corrected chi connectivity index (χ4v) is 2.75. The van der Waals surface area contributed by atoms with Crippen molar-refractivity contribution in [2.45, 2.75) is 25.8 Å². The Morgan fingerprint density at radius 1 is 1.19 bits per heavy atom. The van der Waals surface area contributed by atoms with E-state index in [0.29, 0.717) is 19.3 Å². The molecule has 5 nitrogen and oxygen atoms in total. The van der Waals surface area contributed by atoms with Gasteiger partial charge >= 0.3 is 5.97 Å². The maximum Gasteiger partial charge on any atom is 0.306 e. The van der Waals surface area contributed by atoms with Crippen LogP contribution >= 0.6 is 0 Å². The molecule has 1 aliphatic rings. The van der Waals surface area contributed by atoms with E-state index in [-0.39, 0.29) is 17.7 Å². The number of nitrogens with zero attached hydrogens (tertiary/aromatic N) is 1. The van der Waals surface area contributed by atoms with Gasteiger partial charge in [0.1, 0.15) is 0 Å². The SMILES string of the molecule is CN(C)Cc1ccc(NC(=O)C2CCC(C(=O)O)C2)cc1. The second-order valence-corrected chi connectivity index (χ2v) is 5.97. The molecule has 0 radical (unpaired) electrons. The highest BCUT2D eigenvalue weighted by Crippen LogP contribution is 2.31. The molecule has 0 spiro atoms. The first kappa shape index (κ1) is 15.5. The van der Waals surface area contributed by atoms with Crippen LogP contribution in [0.5, 0.6) is 0 Å². The van der Waals surface area contributed by atoms with Crippen molar-refractivity contribution in [2.24, 2.45) is 11.8 Å². The molecule has 0 saturated heterocycles. The summed E-state index contributed by atoms with van der Waals surface area (Å²) in [4.78, 5) is 25.1. The summed E-state index contributed by atoms with van der Waals surface area (Å²) in [6, 6.07) is 7.76. The van der Waals surface area contributed by atoms with Crippen LogP contribution in [0, 0.1) is 11.8 Å². The predicted molar refractivity (Wildman–Crippen MR) is 80.9 cm³/mol. The van der Waals surface area contributed by atoms with E-state index in [9.17, 15) is 9.59 Å². The molecular weight excluding hydrogens is 268 g/mol. The molecule has 114 valence electrons. The quantitative estimate of drug-likeness (QED) is 0.872. The molecular formula is C16H22N2O3. The van der Waals surface area contributed by atoms with Crippen molar-refractivity contribution in [3.63, 3.8) is 0 Å². The zero-order chi connectivity index (χ0) is 15.4. The lowest BCUT2D eigenvalue weighted by Crippen LogP contribution is -2.21. The van der Waals surface area contributed by atoms with E-state index in [1.165, 1.54) is 5.56 Å². The van der Waals surface area contributed by atoms with Gasteiger partial charge < -0.3 is 15.3 Å². The van der Waals surface area contributed by atoms with Gasteiger partial charge in [0.15, 0.2) is 0 Å². The number of carboxylic acid groups (broad SMARTS) is 1. The number of carboxylic acids is 1. The lowest BCUT2D eigenvalue weighted by Gasteiger charge is -2.12. The van der Waals surface area contributed by atoms with Gasteiger partial charge in [0.25, 0.3) is 0 Å². The van der Waals surface area contributed by atoms with Gasteiger partial charge in [-0.25, -0.2) is 0 Å². The molecule has 0 aromatic heterocycles. The molecule has 2 N–H and O–H groups in total. The van der Waals surface area contributed by atoms with Crippen LogP contribution in [0.25, 0.3) is 0 Å². The van der Waals surface area contributed by atoms with Gasteiger partial charge in [0, 0.05) is 18.2 Å². The fourth-order valence-electron chi connectivity index (χ4n) is 2.75. The molecule has 2 atom stereocenters. The summed E-state index contributed by atoms with van der Waals surface area (Å²) >= 11 is 0. The van der Waals surface area contributed by atoms with Crippen LogP contribution < -0.4 is 5.32 Å². The Hall–Kier alpha value is -1.88. The Balaban J connectivity index is 1.89. The molecule has 5 heteroatoms. The minimum absolute atomic E-state index is 0.0703. The number of benzene rings is 1. The van der Waals surface area contributed by atoms with E-state index >= 15 is 0 Å². The number of amides is 1. The fraction of sp³-hybridized carbons (Fsp3) is 0.500. The summed E-state index contributed by atoms with van der Waals surface area (Å²) in [6.07, 6.45) is 1.69. The number of aliphatic carboxylic acids is 1. The number of rotatable bonds is 5. The Morgan fingerprint density at radius 2 is 1.81 bits per heavy atom. The second-order valence-electron chi connectivity index (χ2n) is 5.97. The summed E-state index contributed by atoms with van der Waals surface area (Å²) in [7, 11) is 4.02. The van der Waals surface area contributed by atoms with Crippen LogP contribution in [0.3, 0.4) is 0 Å². The van der Waals surface area contributed by atoms with Gasteiger partial charge in [-0.2, -0.15) is 0 Å². The summed E-state index contributed by atoms with van der Waals surface area (Å²) in [5.41, 5.74) is 1.95. The zero-order valence-electron chi connectivity index (χ0n) is 12.5. The van der Waals surface area contributed by atoms with Crippen molar-refractivity contribution in [3.8, 4) is 0 Å². The molecule has 1 aliphatic carbocycles. The van der Waals surface area contributed by atoms with Crippen molar-refractivity contribution < 1.29 is 14.7 Å². The average molecular weight is 290 g/mol. The number of nitrogens with one attached hydrogen (secondary N) is 1. The summed E-state index contributed by atoms with van der Waals surface area (Å²) in [6.45, 7) is 0.858. The second kappa shape index (κ2) is 6.72. The number of hydrogen-bond donors (Lipinski definition) is 2. The Labute approximate surface area is 125 Å².